The summed E-state index contributed by atoms with van der Waals surface area (Å²) >= 11 is 1.72. The number of benzene rings is 2. The first-order valence-electron chi connectivity index (χ1n) is 10.6. The van der Waals surface area contributed by atoms with Crippen molar-refractivity contribution in [1.82, 2.24) is 5.32 Å². The Morgan fingerprint density at radius 1 is 1.21 bits per heavy atom. The molecule has 0 radical (unpaired) electrons. The molecule has 4 nitrogen and oxygen atoms in total. The highest BCUT2D eigenvalue weighted by Crippen LogP contribution is 2.48. The van der Waals surface area contributed by atoms with Crippen molar-refractivity contribution in [3.63, 3.8) is 0 Å². The predicted octanol–water partition coefficient (Wildman–Crippen LogP) is 5.09. The summed E-state index contributed by atoms with van der Waals surface area (Å²) in [7, 11) is 0. The van der Waals surface area contributed by atoms with Crippen molar-refractivity contribution in [2.75, 3.05) is 6.61 Å². The van der Waals surface area contributed by atoms with Crippen molar-refractivity contribution >= 4 is 11.8 Å². The van der Waals surface area contributed by atoms with Crippen molar-refractivity contribution < 1.29 is 14.6 Å². The Kier molecular flexibility index (Phi) is 6.09. The molecule has 2 aliphatic rings. The summed E-state index contributed by atoms with van der Waals surface area (Å²) in [6.45, 7) is 6.84. The minimum Gasteiger partial charge on any atom is -0.494 e. The van der Waals surface area contributed by atoms with E-state index in [0.29, 0.717) is 12.6 Å². The first-order chi connectivity index (χ1) is 13.9. The highest BCUT2D eigenvalue weighted by Gasteiger charge is 2.33. The van der Waals surface area contributed by atoms with Gasteiger partial charge in [0.05, 0.1) is 17.6 Å². The van der Waals surface area contributed by atoms with Gasteiger partial charge in [0.25, 0.3) is 0 Å². The van der Waals surface area contributed by atoms with Crippen LogP contribution in [0.5, 0.6) is 11.5 Å². The van der Waals surface area contributed by atoms with E-state index in [0.717, 1.165) is 47.6 Å². The molecule has 1 saturated heterocycles. The number of fused-ring (bicyclic) bond motifs is 1. The van der Waals surface area contributed by atoms with Crippen LogP contribution < -0.4 is 14.8 Å². The van der Waals surface area contributed by atoms with Gasteiger partial charge < -0.3 is 19.9 Å². The van der Waals surface area contributed by atoms with Gasteiger partial charge >= 0.3 is 0 Å². The molecule has 156 valence electrons. The lowest BCUT2D eigenvalue weighted by Crippen LogP contribution is -2.34. The Morgan fingerprint density at radius 2 is 2.00 bits per heavy atom. The minimum absolute atomic E-state index is 0.110. The summed E-state index contributed by atoms with van der Waals surface area (Å²) in [6, 6.07) is 15.0. The van der Waals surface area contributed by atoms with Crippen LogP contribution in [-0.4, -0.2) is 28.7 Å². The molecule has 0 aliphatic carbocycles. The number of aliphatic hydroxyl groups is 1. The van der Waals surface area contributed by atoms with E-state index < -0.39 is 6.10 Å². The third-order valence-corrected chi connectivity index (χ3v) is 6.81. The second-order valence-corrected chi connectivity index (χ2v) is 10.0. The minimum atomic E-state index is -0.486. The predicted molar refractivity (Wildman–Crippen MR) is 118 cm³/mol. The van der Waals surface area contributed by atoms with Crippen LogP contribution in [0, 0.1) is 0 Å². The Bertz CT molecular complexity index is 837. The smallest absolute Gasteiger partial charge is 0.153 e. The fourth-order valence-corrected chi connectivity index (χ4v) is 5.31. The Morgan fingerprint density at radius 3 is 2.76 bits per heavy atom. The maximum atomic E-state index is 10.9. The molecular weight excluding hydrogens is 382 g/mol. The molecule has 1 fully saturated rings. The monoisotopic (exact) mass is 413 g/mol. The van der Waals surface area contributed by atoms with Crippen LogP contribution >= 0.6 is 11.8 Å². The Labute approximate surface area is 178 Å². The van der Waals surface area contributed by atoms with E-state index in [1.165, 1.54) is 5.56 Å². The van der Waals surface area contributed by atoms with E-state index in [9.17, 15) is 5.11 Å². The molecular formula is C24H31NO3S. The summed E-state index contributed by atoms with van der Waals surface area (Å²) in [6.07, 6.45) is 3.74. The largest absolute Gasteiger partial charge is 0.494 e. The number of aliphatic hydroxyl groups excluding tert-OH is 1. The van der Waals surface area contributed by atoms with Gasteiger partial charge in [-0.1, -0.05) is 30.0 Å². The highest BCUT2D eigenvalue weighted by atomic mass is 32.2. The number of nitrogens with one attached hydrogen (secondary N) is 1. The maximum Gasteiger partial charge on any atom is 0.153 e. The molecule has 2 aliphatic heterocycles. The lowest BCUT2D eigenvalue weighted by atomic mass is 10.0. The molecule has 2 aromatic carbocycles. The fraction of sp³-hybridized carbons (Fsp3) is 0.500. The van der Waals surface area contributed by atoms with E-state index in [1.807, 2.05) is 31.2 Å². The highest BCUT2D eigenvalue weighted by molar-refractivity contribution is 8.00. The molecule has 0 bridgehead atoms. The third-order valence-electron chi connectivity index (χ3n) is 5.69. The topological polar surface area (TPSA) is 50.7 Å². The van der Waals surface area contributed by atoms with Crippen LogP contribution in [0.25, 0.3) is 0 Å². The summed E-state index contributed by atoms with van der Waals surface area (Å²) in [5.74, 6) is 1.85. The molecule has 3 atom stereocenters. The average molecular weight is 414 g/mol. The van der Waals surface area contributed by atoms with Gasteiger partial charge in [-0.25, -0.2) is 0 Å². The van der Waals surface area contributed by atoms with Crippen molar-refractivity contribution in [3.8, 4) is 11.5 Å². The third kappa shape index (κ3) is 4.90. The Balaban J connectivity index is 1.30. The number of thioether (sulfide) groups is 1. The van der Waals surface area contributed by atoms with Gasteiger partial charge in [-0.05, 0) is 81.8 Å². The maximum absolute atomic E-state index is 10.9. The van der Waals surface area contributed by atoms with E-state index in [4.69, 9.17) is 9.47 Å². The second-order valence-electron chi connectivity index (χ2n) is 8.42. The molecule has 5 heteroatoms. The first-order valence-corrected chi connectivity index (χ1v) is 11.4. The molecule has 0 amide bonds. The summed E-state index contributed by atoms with van der Waals surface area (Å²) in [5, 5.41) is 14.6. The van der Waals surface area contributed by atoms with Gasteiger partial charge in [-0.15, -0.1) is 0 Å². The lowest BCUT2D eigenvalue weighted by Gasteiger charge is -2.21. The summed E-state index contributed by atoms with van der Waals surface area (Å²) < 4.78 is 11.4. The van der Waals surface area contributed by atoms with Crippen molar-refractivity contribution in [2.24, 2.45) is 0 Å². The van der Waals surface area contributed by atoms with Crippen LogP contribution in [0.4, 0.5) is 0 Å². The van der Waals surface area contributed by atoms with Gasteiger partial charge in [0.2, 0.25) is 0 Å². The van der Waals surface area contributed by atoms with Crippen LogP contribution in [0.15, 0.2) is 47.4 Å². The number of hydrogen-bond donors (Lipinski definition) is 2. The van der Waals surface area contributed by atoms with Gasteiger partial charge in [-0.3, -0.25) is 0 Å². The zero-order chi connectivity index (χ0) is 20.4. The molecule has 2 N–H and O–H groups in total. The second kappa shape index (κ2) is 8.58. The van der Waals surface area contributed by atoms with E-state index >= 15 is 0 Å². The van der Waals surface area contributed by atoms with Crippen molar-refractivity contribution in [1.29, 1.82) is 0 Å². The normalized spacial score (nSPS) is 23.4. The molecule has 3 unspecified atom stereocenters. The zero-order valence-electron chi connectivity index (χ0n) is 17.5. The van der Waals surface area contributed by atoms with E-state index in [2.05, 4.69) is 37.4 Å². The number of aryl methyl sites for hydroxylation is 1. The lowest BCUT2D eigenvalue weighted by molar-refractivity contribution is 0.134. The van der Waals surface area contributed by atoms with E-state index in [1.54, 1.807) is 11.8 Å². The van der Waals surface area contributed by atoms with Gasteiger partial charge in [0.1, 0.15) is 11.5 Å². The molecule has 0 spiro atoms. The van der Waals surface area contributed by atoms with Crippen molar-refractivity contribution in [2.45, 2.75) is 74.5 Å². The number of rotatable bonds is 7. The fourth-order valence-electron chi connectivity index (χ4n) is 4.24. The summed E-state index contributed by atoms with van der Waals surface area (Å²) in [4.78, 5) is 0.889. The zero-order valence-corrected chi connectivity index (χ0v) is 18.3. The number of ether oxygens (including phenoxy) is 2. The van der Waals surface area contributed by atoms with Crippen LogP contribution in [0.1, 0.15) is 57.3 Å². The van der Waals surface area contributed by atoms with Crippen LogP contribution in [0.3, 0.4) is 0 Å². The Hall–Kier alpha value is -1.69. The SMILES string of the molecule is CCOc1ccc(CCC2CCC(C(O)c3ccc4c(c3)SC(C)(C)O4)N2)cc1. The molecule has 0 saturated carbocycles. The van der Waals surface area contributed by atoms with Crippen LogP contribution in [-0.2, 0) is 6.42 Å². The van der Waals surface area contributed by atoms with E-state index in [-0.39, 0.29) is 11.0 Å². The number of hydrogen-bond acceptors (Lipinski definition) is 5. The van der Waals surface area contributed by atoms with Gasteiger partial charge in [-0.2, -0.15) is 0 Å². The molecule has 29 heavy (non-hydrogen) atoms. The quantitative estimate of drug-likeness (QED) is 0.662. The molecule has 4 rings (SSSR count). The molecule has 2 aromatic rings. The van der Waals surface area contributed by atoms with Gasteiger partial charge in [0.15, 0.2) is 4.93 Å². The average Bonchev–Trinajstić information content (AvgIpc) is 3.29. The molecule has 0 aromatic heterocycles. The standard InChI is InChI=1S/C24H31NO3S/c1-4-27-19-11-6-16(7-12-19)5-9-18-10-13-20(25-18)23(26)17-8-14-21-22(15-17)29-24(2,3)28-21/h6-8,11-12,14-15,18,20,23,25-26H,4-5,9-10,13H2,1-3H3. The van der Waals surface area contributed by atoms with Crippen LogP contribution in [0.2, 0.25) is 0 Å². The van der Waals surface area contributed by atoms with Gasteiger partial charge in [0, 0.05) is 12.1 Å². The first kappa shape index (κ1) is 20.6. The van der Waals surface area contributed by atoms with Crippen molar-refractivity contribution in [3.05, 3.63) is 53.6 Å². The molecule has 2 heterocycles. The summed E-state index contributed by atoms with van der Waals surface area (Å²) in [5.41, 5.74) is 2.31.